The average Bonchev–Trinajstić information content (AvgIpc) is 2.53. The fourth-order valence-electron chi connectivity index (χ4n) is 2.33. The second-order valence-corrected chi connectivity index (χ2v) is 4.66. The van der Waals surface area contributed by atoms with Gasteiger partial charge in [-0.05, 0) is 11.6 Å². The number of rotatable bonds is 3. The SMILES string of the molecule is O=Cc1c(O)[n+](Cc2ccccc2)c2ccccn2c1=O. The van der Waals surface area contributed by atoms with Crippen molar-refractivity contribution < 1.29 is 14.5 Å². The van der Waals surface area contributed by atoms with E-state index in [1.165, 1.54) is 4.40 Å². The van der Waals surface area contributed by atoms with Crippen molar-refractivity contribution in [2.45, 2.75) is 6.54 Å². The van der Waals surface area contributed by atoms with Crippen LogP contribution in [0, 0.1) is 0 Å². The van der Waals surface area contributed by atoms with Crippen molar-refractivity contribution in [2.75, 3.05) is 0 Å². The Labute approximate surface area is 120 Å². The largest absolute Gasteiger partial charge is 0.477 e. The fourth-order valence-corrected chi connectivity index (χ4v) is 2.33. The first kappa shape index (κ1) is 13.1. The summed E-state index contributed by atoms with van der Waals surface area (Å²) in [5, 5.41) is 10.2. The zero-order valence-corrected chi connectivity index (χ0v) is 11.1. The molecular formula is C16H13N2O3+. The van der Waals surface area contributed by atoms with Gasteiger partial charge in [0.05, 0.1) is 6.20 Å². The van der Waals surface area contributed by atoms with Gasteiger partial charge in [0.25, 0.3) is 5.65 Å². The van der Waals surface area contributed by atoms with Crippen LogP contribution in [0.1, 0.15) is 15.9 Å². The molecule has 1 aromatic carbocycles. The molecule has 0 saturated heterocycles. The smallest absolute Gasteiger partial charge is 0.357 e. The standard InChI is InChI=1S/C16H12N2O3/c19-11-13-15(20)17-9-5-4-8-14(17)18(16(13)21)10-12-6-2-1-3-7-12/h1-9,11H,10H2/p+1. The van der Waals surface area contributed by atoms with E-state index in [2.05, 4.69) is 0 Å². The Morgan fingerprint density at radius 2 is 1.81 bits per heavy atom. The molecule has 1 N–H and O–H groups in total. The molecule has 0 aliphatic rings. The molecule has 2 aromatic heterocycles. The highest BCUT2D eigenvalue weighted by Gasteiger charge is 2.23. The number of aromatic nitrogens is 2. The van der Waals surface area contributed by atoms with E-state index in [9.17, 15) is 14.7 Å². The Balaban J connectivity index is 2.31. The lowest BCUT2D eigenvalue weighted by Crippen LogP contribution is -2.42. The van der Waals surface area contributed by atoms with Gasteiger partial charge in [0.1, 0.15) is 6.54 Å². The van der Waals surface area contributed by atoms with E-state index in [0.29, 0.717) is 18.5 Å². The minimum Gasteiger partial charge on any atom is -0.477 e. The Kier molecular flexibility index (Phi) is 3.23. The van der Waals surface area contributed by atoms with E-state index in [1.54, 1.807) is 29.0 Å². The molecule has 0 aliphatic carbocycles. The van der Waals surface area contributed by atoms with Crippen LogP contribution in [-0.4, -0.2) is 15.8 Å². The number of nitrogens with zero attached hydrogens (tertiary/aromatic N) is 2. The highest BCUT2D eigenvalue weighted by molar-refractivity contribution is 5.76. The Morgan fingerprint density at radius 3 is 2.52 bits per heavy atom. The summed E-state index contributed by atoms with van der Waals surface area (Å²) in [5.41, 5.74) is 0.713. The molecule has 2 heterocycles. The number of hydrogen-bond donors (Lipinski definition) is 1. The molecule has 3 aromatic rings. The maximum atomic E-state index is 12.1. The maximum absolute atomic E-state index is 12.1. The van der Waals surface area contributed by atoms with Gasteiger partial charge in [0, 0.05) is 6.07 Å². The molecule has 0 spiro atoms. The summed E-state index contributed by atoms with van der Waals surface area (Å²) in [5.74, 6) is -0.315. The first-order chi connectivity index (χ1) is 10.2. The van der Waals surface area contributed by atoms with Crippen LogP contribution in [0.3, 0.4) is 0 Å². The second kappa shape index (κ2) is 5.20. The van der Waals surface area contributed by atoms with Crippen molar-refractivity contribution in [1.82, 2.24) is 4.40 Å². The van der Waals surface area contributed by atoms with Gasteiger partial charge in [0.15, 0.2) is 11.8 Å². The number of aromatic hydroxyl groups is 1. The van der Waals surface area contributed by atoms with Gasteiger partial charge < -0.3 is 5.11 Å². The predicted octanol–water partition coefficient (Wildman–Crippen LogP) is 1.15. The molecule has 0 unspecified atom stereocenters. The number of fused-ring (bicyclic) bond motifs is 1. The molecule has 21 heavy (non-hydrogen) atoms. The number of hydrogen-bond acceptors (Lipinski definition) is 3. The van der Waals surface area contributed by atoms with Gasteiger partial charge in [-0.3, -0.25) is 4.79 Å². The zero-order chi connectivity index (χ0) is 14.8. The lowest BCUT2D eigenvalue weighted by Gasteiger charge is -2.07. The lowest BCUT2D eigenvalue weighted by atomic mass is 10.2. The first-order valence-electron chi connectivity index (χ1n) is 6.47. The van der Waals surface area contributed by atoms with Crippen LogP contribution in [0.2, 0.25) is 0 Å². The van der Waals surface area contributed by atoms with E-state index >= 15 is 0 Å². The number of benzene rings is 1. The van der Waals surface area contributed by atoms with E-state index in [4.69, 9.17) is 0 Å². The number of aldehydes is 1. The first-order valence-corrected chi connectivity index (χ1v) is 6.47. The van der Waals surface area contributed by atoms with Crippen LogP contribution in [0.4, 0.5) is 0 Å². The zero-order valence-electron chi connectivity index (χ0n) is 11.1. The number of pyridine rings is 1. The summed E-state index contributed by atoms with van der Waals surface area (Å²) in [7, 11) is 0. The summed E-state index contributed by atoms with van der Waals surface area (Å²) in [4.78, 5) is 23.3. The van der Waals surface area contributed by atoms with Crippen molar-refractivity contribution in [2.24, 2.45) is 0 Å². The van der Waals surface area contributed by atoms with Crippen LogP contribution in [-0.2, 0) is 6.54 Å². The van der Waals surface area contributed by atoms with Gasteiger partial charge in [-0.25, -0.2) is 4.79 Å². The van der Waals surface area contributed by atoms with Crippen LogP contribution in [0.15, 0.2) is 59.5 Å². The monoisotopic (exact) mass is 281 g/mol. The number of carbonyl (C=O) groups is 1. The predicted molar refractivity (Wildman–Crippen MR) is 76.5 cm³/mol. The third kappa shape index (κ3) is 2.18. The molecule has 0 bridgehead atoms. The van der Waals surface area contributed by atoms with Crippen LogP contribution in [0.5, 0.6) is 5.88 Å². The van der Waals surface area contributed by atoms with Crippen LogP contribution >= 0.6 is 0 Å². The molecule has 5 nitrogen and oxygen atoms in total. The highest BCUT2D eigenvalue weighted by Crippen LogP contribution is 2.09. The summed E-state index contributed by atoms with van der Waals surface area (Å²) in [6.45, 7) is 0.362. The Hall–Kier alpha value is -2.95. The third-order valence-corrected chi connectivity index (χ3v) is 3.36. The van der Waals surface area contributed by atoms with E-state index in [0.717, 1.165) is 5.56 Å². The summed E-state index contributed by atoms with van der Waals surface area (Å²) in [6, 6.07) is 14.7. The maximum Gasteiger partial charge on any atom is 0.357 e. The van der Waals surface area contributed by atoms with E-state index < -0.39 is 5.56 Å². The minimum absolute atomic E-state index is 0.241. The molecule has 0 amide bonds. The van der Waals surface area contributed by atoms with E-state index in [1.807, 2.05) is 30.3 Å². The molecule has 0 saturated carbocycles. The van der Waals surface area contributed by atoms with Crippen LogP contribution in [0.25, 0.3) is 5.65 Å². The average molecular weight is 281 g/mol. The highest BCUT2D eigenvalue weighted by atomic mass is 16.3. The number of carbonyl (C=O) groups excluding carboxylic acids is 1. The van der Waals surface area contributed by atoms with Crippen molar-refractivity contribution in [3.63, 3.8) is 0 Å². The summed E-state index contributed by atoms with van der Waals surface area (Å²) in [6.07, 6.45) is 1.96. The van der Waals surface area contributed by atoms with Crippen molar-refractivity contribution in [1.29, 1.82) is 0 Å². The fraction of sp³-hybridized carbons (Fsp3) is 0.0625. The van der Waals surface area contributed by atoms with Gasteiger partial charge in [-0.1, -0.05) is 36.4 Å². The van der Waals surface area contributed by atoms with Crippen molar-refractivity contribution in [3.05, 3.63) is 76.2 Å². The lowest BCUT2D eigenvalue weighted by molar-refractivity contribution is -0.672. The van der Waals surface area contributed by atoms with E-state index in [-0.39, 0.29) is 11.4 Å². The Bertz CT molecular complexity index is 870. The topological polar surface area (TPSA) is 62.7 Å². The molecule has 0 radical (unpaired) electrons. The molecule has 0 aliphatic heterocycles. The van der Waals surface area contributed by atoms with Crippen LogP contribution < -0.4 is 10.1 Å². The van der Waals surface area contributed by atoms with Gasteiger partial charge in [-0.15, -0.1) is 0 Å². The summed E-state index contributed by atoms with van der Waals surface area (Å²) < 4.78 is 2.90. The molecular weight excluding hydrogens is 268 g/mol. The van der Waals surface area contributed by atoms with Crippen molar-refractivity contribution >= 4 is 11.9 Å². The Morgan fingerprint density at radius 1 is 1.10 bits per heavy atom. The molecule has 0 atom stereocenters. The second-order valence-electron chi connectivity index (χ2n) is 4.66. The minimum atomic E-state index is -0.526. The third-order valence-electron chi connectivity index (χ3n) is 3.36. The van der Waals surface area contributed by atoms with Gasteiger partial charge in [-0.2, -0.15) is 8.97 Å². The molecule has 0 fully saturated rings. The summed E-state index contributed by atoms with van der Waals surface area (Å²) >= 11 is 0. The molecule has 104 valence electrons. The molecule has 3 rings (SSSR count). The normalized spacial score (nSPS) is 10.7. The van der Waals surface area contributed by atoms with Gasteiger partial charge >= 0.3 is 11.4 Å². The molecule has 5 heteroatoms. The van der Waals surface area contributed by atoms with Gasteiger partial charge in [0.2, 0.25) is 0 Å². The van der Waals surface area contributed by atoms with Crippen molar-refractivity contribution in [3.8, 4) is 5.88 Å². The quantitative estimate of drug-likeness (QED) is 0.578.